The molecule has 0 aliphatic heterocycles. The quantitative estimate of drug-likeness (QED) is 0.912. The Hall–Kier alpha value is -0.900. The molecule has 6 heteroatoms. The van der Waals surface area contributed by atoms with Crippen LogP contribution in [0.4, 0.5) is 0 Å². The second kappa shape index (κ2) is 4.34. The Morgan fingerprint density at radius 1 is 1.44 bits per heavy atom. The van der Waals surface area contributed by atoms with Crippen molar-refractivity contribution in [1.82, 2.24) is 0 Å². The van der Waals surface area contributed by atoms with Crippen LogP contribution in [-0.2, 0) is 9.84 Å². The van der Waals surface area contributed by atoms with Gasteiger partial charge in [-0.15, -0.1) is 0 Å². The van der Waals surface area contributed by atoms with Crippen LogP contribution in [0, 0.1) is 11.3 Å². The van der Waals surface area contributed by atoms with E-state index in [0.29, 0.717) is 0 Å². The fraction of sp³-hybridized carbons (Fsp3) is 0.417. The van der Waals surface area contributed by atoms with Gasteiger partial charge in [0.15, 0.2) is 9.84 Å². The summed E-state index contributed by atoms with van der Waals surface area (Å²) in [5.74, 6) is -0.425. The summed E-state index contributed by atoms with van der Waals surface area (Å²) in [5.41, 5.74) is 5.42. The van der Waals surface area contributed by atoms with E-state index in [1.807, 2.05) is 18.2 Å². The van der Waals surface area contributed by atoms with Gasteiger partial charge in [0.2, 0.25) is 0 Å². The van der Waals surface area contributed by atoms with E-state index >= 15 is 0 Å². The molecule has 0 unspecified atom stereocenters. The van der Waals surface area contributed by atoms with Gasteiger partial charge in [0.05, 0.1) is 6.07 Å². The molecule has 1 saturated carbocycles. The molecule has 0 heterocycles. The average molecular weight is 329 g/mol. The van der Waals surface area contributed by atoms with E-state index in [1.54, 1.807) is 19.1 Å². The molecule has 0 aromatic heterocycles. The molecule has 18 heavy (non-hydrogen) atoms. The number of hydrogen-bond acceptors (Lipinski definition) is 4. The van der Waals surface area contributed by atoms with Crippen LogP contribution in [0.2, 0.25) is 0 Å². The van der Waals surface area contributed by atoms with Crippen LogP contribution >= 0.6 is 15.9 Å². The third kappa shape index (κ3) is 1.96. The van der Waals surface area contributed by atoms with Gasteiger partial charge in [-0.25, -0.2) is 8.42 Å². The molecule has 3 atom stereocenters. The van der Waals surface area contributed by atoms with Crippen molar-refractivity contribution in [3.05, 3.63) is 34.3 Å². The molecule has 1 aliphatic rings. The first-order valence-corrected chi connectivity index (χ1v) is 8.05. The Balaban J connectivity index is 2.41. The first kappa shape index (κ1) is 13.5. The van der Waals surface area contributed by atoms with Gasteiger partial charge in [-0.1, -0.05) is 35.0 Å². The van der Waals surface area contributed by atoms with Crippen molar-refractivity contribution in [2.24, 2.45) is 5.73 Å². The fourth-order valence-corrected chi connectivity index (χ4v) is 4.45. The minimum atomic E-state index is -3.31. The SMILES string of the molecule is CCS(=O)(=O)[C@H]1[C@H](c2ccc(Br)cc2)[C@@]1(N)C#N. The smallest absolute Gasteiger partial charge is 0.156 e. The highest BCUT2D eigenvalue weighted by atomic mass is 79.9. The van der Waals surface area contributed by atoms with E-state index in [1.165, 1.54) is 0 Å². The van der Waals surface area contributed by atoms with Gasteiger partial charge in [0, 0.05) is 16.1 Å². The van der Waals surface area contributed by atoms with Gasteiger partial charge in [0.1, 0.15) is 10.8 Å². The molecular formula is C12H13BrN2O2S. The summed E-state index contributed by atoms with van der Waals surface area (Å²) in [4.78, 5) is 0. The Morgan fingerprint density at radius 3 is 2.44 bits per heavy atom. The second-order valence-electron chi connectivity index (χ2n) is 4.45. The lowest BCUT2D eigenvalue weighted by atomic mass is 10.1. The molecule has 0 saturated heterocycles. The zero-order valence-electron chi connectivity index (χ0n) is 9.80. The van der Waals surface area contributed by atoms with Crippen molar-refractivity contribution >= 4 is 25.8 Å². The molecular weight excluding hydrogens is 316 g/mol. The molecule has 1 aromatic carbocycles. The van der Waals surface area contributed by atoms with Crippen LogP contribution in [0.5, 0.6) is 0 Å². The zero-order chi connectivity index (χ0) is 13.6. The number of nitrogens with two attached hydrogens (primary N) is 1. The van der Waals surface area contributed by atoms with Crippen LogP contribution in [0.1, 0.15) is 18.4 Å². The molecule has 2 rings (SSSR count). The predicted molar refractivity (Wildman–Crippen MR) is 72.7 cm³/mol. The molecule has 1 fully saturated rings. The standard InChI is InChI=1S/C12H13BrN2O2S/c1-2-18(16,17)11-10(12(11,15)7-14)8-3-5-9(13)6-4-8/h3-6,10-11H,2,15H2,1H3/t10-,11-,12-/m0/s1. The molecule has 2 N–H and O–H groups in total. The Kier molecular flexibility index (Phi) is 3.26. The van der Waals surface area contributed by atoms with Crippen molar-refractivity contribution in [2.45, 2.75) is 23.6 Å². The first-order chi connectivity index (χ1) is 8.36. The molecule has 0 radical (unpaired) electrons. The Morgan fingerprint density at radius 2 is 2.00 bits per heavy atom. The highest BCUT2D eigenvalue weighted by molar-refractivity contribution is 9.10. The number of rotatable bonds is 3. The lowest BCUT2D eigenvalue weighted by Crippen LogP contribution is -2.29. The summed E-state index contributed by atoms with van der Waals surface area (Å²) < 4.78 is 24.8. The van der Waals surface area contributed by atoms with E-state index in [9.17, 15) is 8.42 Å². The van der Waals surface area contributed by atoms with Crippen molar-refractivity contribution in [2.75, 3.05) is 5.75 Å². The van der Waals surface area contributed by atoms with Gasteiger partial charge in [0.25, 0.3) is 0 Å². The van der Waals surface area contributed by atoms with Crippen LogP contribution < -0.4 is 5.73 Å². The molecule has 1 aliphatic carbocycles. The van der Waals surface area contributed by atoms with Crippen LogP contribution in [-0.4, -0.2) is 25.0 Å². The summed E-state index contributed by atoms with van der Waals surface area (Å²) >= 11 is 3.31. The number of sulfone groups is 1. The lowest BCUT2D eigenvalue weighted by Gasteiger charge is -2.00. The maximum absolute atomic E-state index is 11.9. The Bertz CT molecular complexity index is 606. The van der Waals surface area contributed by atoms with Crippen molar-refractivity contribution in [3.8, 4) is 6.07 Å². The van der Waals surface area contributed by atoms with Gasteiger partial charge in [-0.05, 0) is 17.7 Å². The molecule has 0 bridgehead atoms. The molecule has 0 spiro atoms. The summed E-state index contributed by atoms with van der Waals surface area (Å²) in [6.45, 7) is 1.57. The van der Waals surface area contributed by atoms with E-state index < -0.39 is 26.5 Å². The number of nitriles is 1. The van der Waals surface area contributed by atoms with E-state index in [0.717, 1.165) is 10.0 Å². The summed E-state index contributed by atoms with van der Waals surface area (Å²) in [5, 5.41) is 8.34. The molecule has 4 nitrogen and oxygen atoms in total. The van der Waals surface area contributed by atoms with Crippen LogP contribution in [0.25, 0.3) is 0 Å². The van der Waals surface area contributed by atoms with Crippen molar-refractivity contribution in [3.63, 3.8) is 0 Å². The zero-order valence-corrected chi connectivity index (χ0v) is 12.2. The van der Waals surface area contributed by atoms with E-state index in [2.05, 4.69) is 15.9 Å². The molecule has 0 amide bonds. The monoisotopic (exact) mass is 328 g/mol. The van der Waals surface area contributed by atoms with Crippen LogP contribution in [0.3, 0.4) is 0 Å². The lowest BCUT2D eigenvalue weighted by molar-refractivity contribution is 0.593. The van der Waals surface area contributed by atoms with Gasteiger partial charge in [-0.2, -0.15) is 5.26 Å². The maximum atomic E-state index is 11.9. The van der Waals surface area contributed by atoms with Gasteiger partial charge in [-0.3, -0.25) is 0 Å². The number of nitrogens with zero attached hydrogens (tertiary/aromatic N) is 1. The normalized spacial score (nSPS) is 30.8. The third-order valence-corrected chi connectivity index (χ3v) is 6.16. The summed E-state index contributed by atoms with van der Waals surface area (Å²) in [6.07, 6.45) is 0. The van der Waals surface area contributed by atoms with E-state index in [4.69, 9.17) is 11.0 Å². The number of hydrogen-bond donors (Lipinski definition) is 1. The maximum Gasteiger partial charge on any atom is 0.156 e. The Labute approximate surface area is 115 Å². The number of benzene rings is 1. The minimum Gasteiger partial charge on any atom is -0.312 e. The van der Waals surface area contributed by atoms with Crippen molar-refractivity contribution < 1.29 is 8.42 Å². The third-order valence-electron chi connectivity index (χ3n) is 3.39. The average Bonchev–Trinajstić information content (AvgIpc) is 2.98. The minimum absolute atomic E-state index is 0.00528. The highest BCUT2D eigenvalue weighted by Gasteiger charge is 2.69. The summed E-state index contributed by atoms with van der Waals surface area (Å²) in [7, 11) is -3.31. The van der Waals surface area contributed by atoms with Gasteiger partial charge < -0.3 is 5.73 Å². The second-order valence-corrected chi connectivity index (χ2v) is 7.77. The topological polar surface area (TPSA) is 83.9 Å². The largest absolute Gasteiger partial charge is 0.312 e. The first-order valence-electron chi connectivity index (χ1n) is 5.54. The summed E-state index contributed by atoms with van der Waals surface area (Å²) in [6, 6.07) is 9.21. The van der Waals surface area contributed by atoms with Crippen LogP contribution in [0.15, 0.2) is 28.7 Å². The van der Waals surface area contributed by atoms with Crippen molar-refractivity contribution in [1.29, 1.82) is 5.26 Å². The van der Waals surface area contributed by atoms with E-state index in [-0.39, 0.29) is 5.75 Å². The number of halogens is 1. The predicted octanol–water partition coefficient (Wildman–Crippen LogP) is 1.57. The fourth-order valence-electron chi connectivity index (χ4n) is 2.31. The molecule has 1 aromatic rings. The van der Waals surface area contributed by atoms with Gasteiger partial charge >= 0.3 is 0 Å². The highest BCUT2D eigenvalue weighted by Crippen LogP contribution is 2.53. The molecule has 96 valence electrons.